The molecule has 5 N–H and O–H groups in total. The zero-order valence-electron chi connectivity index (χ0n) is 23.9. The molecule has 4 rings (SSSR count). The normalized spacial score (nSPS) is 22.8. The maximum Gasteiger partial charge on any atom is 1.00 e. The van der Waals surface area contributed by atoms with Gasteiger partial charge >= 0.3 is 29.6 Å². The molecule has 0 spiro atoms. The Labute approximate surface area is 271 Å². The second-order valence-electron chi connectivity index (χ2n) is 10.1. The Bertz CT molecular complexity index is 1380. The van der Waals surface area contributed by atoms with Gasteiger partial charge in [-0.15, -0.1) is 0 Å². The van der Waals surface area contributed by atoms with E-state index in [0.717, 1.165) is 5.56 Å². The van der Waals surface area contributed by atoms with E-state index in [4.69, 9.17) is 9.47 Å². The quantitative estimate of drug-likeness (QED) is 0.145. The van der Waals surface area contributed by atoms with Gasteiger partial charge in [0.25, 0.3) is 5.91 Å². The number of carboxylic acids is 1. The van der Waals surface area contributed by atoms with E-state index < -0.39 is 67.0 Å². The van der Waals surface area contributed by atoms with Gasteiger partial charge in [-0.05, 0) is 22.8 Å². The number of carboxylic acid groups (broad SMARTS) is 1. The van der Waals surface area contributed by atoms with Crippen LogP contribution >= 0.6 is 0 Å². The molecule has 43 heavy (non-hydrogen) atoms. The van der Waals surface area contributed by atoms with Gasteiger partial charge in [0.15, 0.2) is 0 Å². The van der Waals surface area contributed by atoms with Crippen molar-refractivity contribution in [3.05, 3.63) is 96.1 Å². The van der Waals surface area contributed by atoms with Crippen molar-refractivity contribution in [1.82, 2.24) is 10.6 Å². The number of amides is 2. The molecule has 1 aliphatic heterocycles. The van der Waals surface area contributed by atoms with E-state index in [-0.39, 0.29) is 36.2 Å². The van der Waals surface area contributed by atoms with Crippen LogP contribution in [0.5, 0.6) is 0 Å². The number of rotatable bonds is 11. The summed E-state index contributed by atoms with van der Waals surface area (Å²) in [5.74, 6) is -5.44. The van der Waals surface area contributed by atoms with E-state index >= 15 is 0 Å². The summed E-state index contributed by atoms with van der Waals surface area (Å²) in [5.41, 5.74) is 2.40. The Morgan fingerprint density at radius 1 is 1.00 bits per heavy atom. The number of aliphatic carboxylic acids is 1. The first-order chi connectivity index (χ1) is 20.1. The molecule has 0 unspecified atom stereocenters. The maximum atomic E-state index is 13.1. The van der Waals surface area contributed by atoms with Crippen LogP contribution in [0.25, 0.3) is 11.1 Å². The molecule has 12 heteroatoms. The molecular formula is C31H33N2NaO9. The fourth-order valence-electron chi connectivity index (χ4n) is 4.90. The maximum absolute atomic E-state index is 13.1. The number of hydrogen-bond donors (Lipinski definition) is 5. The summed E-state index contributed by atoms with van der Waals surface area (Å²) in [6.45, 7) is 0.479. The standard InChI is InChI=1S/C31H34N2O9.Na/c1-19(34)33-26-24(35)16-31(30(39)40,41-18-20-10-4-2-5-11-20)42-28(26)27(37)25(36)17-32-29(38)23-15-9-8-14-22(23)21-12-6-3-7-13-21;/h2-15,24-28,35-37H,16-18H2,1H3,(H,32,38)(H,33,34)(H,39,40);/q;+1/p-1/t24-,25+,26+,27+,28-,31+;/m0./s1. The third-order valence-electron chi connectivity index (χ3n) is 7.03. The van der Waals surface area contributed by atoms with Crippen LogP contribution in [0.2, 0.25) is 0 Å². The van der Waals surface area contributed by atoms with Crippen molar-refractivity contribution in [3.63, 3.8) is 0 Å². The molecule has 0 aromatic heterocycles. The number of carbonyl (C=O) groups is 3. The molecule has 1 fully saturated rings. The van der Waals surface area contributed by atoms with Crippen molar-refractivity contribution >= 4 is 17.8 Å². The Morgan fingerprint density at radius 3 is 2.23 bits per heavy atom. The zero-order valence-corrected chi connectivity index (χ0v) is 25.9. The summed E-state index contributed by atoms with van der Waals surface area (Å²) >= 11 is 0. The molecule has 1 heterocycles. The van der Waals surface area contributed by atoms with Gasteiger partial charge < -0.3 is 45.3 Å². The van der Waals surface area contributed by atoms with E-state index in [1.807, 2.05) is 30.3 Å². The summed E-state index contributed by atoms with van der Waals surface area (Å²) < 4.78 is 11.3. The molecule has 2 amide bonds. The van der Waals surface area contributed by atoms with Crippen LogP contribution in [0.15, 0.2) is 84.9 Å². The molecule has 3 aromatic carbocycles. The number of aliphatic hydroxyl groups is 3. The van der Waals surface area contributed by atoms with Crippen molar-refractivity contribution in [2.45, 2.75) is 56.2 Å². The summed E-state index contributed by atoms with van der Waals surface area (Å²) in [4.78, 5) is 37.2. The van der Waals surface area contributed by atoms with E-state index in [0.29, 0.717) is 16.7 Å². The van der Waals surface area contributed by atoms with Crippen molar-refractivity contribution < 1.29 is 73.8 Å². The summed E-state index contributed by atoms with van der Waals surface area (Å²) in [7, 11) is 0. The van der Waals surface area contributed by atoms with Crippen LogP contribution < -0.4 is 45.3 Å². The Morgan fingerprint density at radius 2 is 1.60 bits per heavy atom. The topological polar surface area (TPSA) is 177 Å². The van der Waals surface area contributed by atoms with E-state index in [2.05, 4.69) is 10.6 Å². The van der Waals surface area contributed by atoms with Gasteiger partial charge in [0.2, 0.25) is 11.7 Å². The second kappa shape index (κ2) is 15.6. The third kappa shape index (κ3) is 8.49. The van der Waals surface area contributed by atoms with Crippen LogP contribution in [0.4, 0.5) is 0 Å². The van der Waals surface area contributed by atoms with Gasteiger partial charge in [0, 0.05) is 25.5 Å². The van der Waals surface area contributed by atoms with Gasteiger partial charge in [0.05, 0.1) is 24.9 Å². The van der Waals surface area contributed by atoms with E-state index in [1.54, 1.807) is 54.6 Å². The Hall–Kier alpha value is -3.13. The number of hydrogen-bond acceptors (Lipinski definition) is 9. The van der Waals surface area contributed by atoms with Gasteiger partial charge in [-0.2, -0.15) is 0 Å². The largest absolute Gasteiger partial charge is 1.00 e. The summed E-state index contributed by atoms with van der Waals surface area (Å²) in [6, 6.07) is 23.4. The Balaban J connectivity index is 0.00000506. The molecule has 6 atom stereocenters. The van der Waals surface area contributed by atoms with Crippen molar-refractivity contribution in [1.29, 1.82) is 0 Å². The SMILES string of the molecule is CC(=O)N[C@H]1[C@@H]([C@H](O)[C@H](O)CNC(=O)c2ccccc2-c2ccccc2)O[C@@](OCc2ccccc2)(C(=O)[O-])C[C@@H]1O.[Na+]. The van der Waals surface area contributed by atoms with Gasteiger partial charge in [0.1, 0.15) is 18.2 Å². The summed E-state index contributed by atoms with van der Waals surface area (Å²) in [6.07, 6.45) is -7.41. The van der Waals surface area contributed by atoms with Gasteiger partial charge in [-0.25, -0.2) is 0 Å². The van der Waals surface area contributed by atoms with Crippen molar-refractivity contribution in [3.8, 4) is 11.1 Å². The van der Waals surface area contributed by atoms with E-state index in [1.165, 1.54) is 6.92 Å². The first kappa shape index (κ1) is 34.4. The number of nitrogens with one attached hydrogen (secondary N) is 2. The predicted molar refractivity (Wildman–Crippen MR) is 148 cm³/mol. The molecule has 11 nitrogen and oxygen atoms in total. The molecule has 3 aromatic rings. The molecule has 1 saturated heterocycles. The first-order valence-corrected chi connectivity index (χ1v) is 13.4. The van der Waals surface area contributed by atoms with Crippen LogP contribution in [0.3, 0.4) is 0 Å². The smallest absolute Gasteiger partial charge is 0.544 e. The minimum absolute atomic E-state index is 0. The molecule has 222 valence electrons. The number of carbonyl (C=O) groups excluding carboxylic acids is 3. The van der Waals surface area contributed by atoms with Crippen LogP contribution in [-0.4, -0.2) is 75.9 Å². The minimum atomic E-state index is -2.51. The van der Waals surface area contributed by atoms with Gasteiger partial charge in [-0.3, -0.25) is 9.59 Å². The molecule has 1 aliphatic rings. The molecule has 0 bridgehead atoms. The number of aliphatic hydroxyl groups excluding tert-OH is 3. The van der Waals surface area contributed by atoms with Crippen molar-refractivity contribution in [2.75, 3.05) is 6.54 Å². The second-order valence-corrected chi connectivity index (χ2v) is 10.1. The van der Waals surface area contributed by atoms with Crippen LogP contribution in [-0.2, 0) is 25.7 Å². The fraction of sp³-hybridized carbons (Fsp3) is 0.323. The van der Waals surface area contributed by atoms with E-state index in [9.17, 15) is 34.8 Å². The molecular weight excluding hydrogens is 567 g/mol. The summed E-state index contributed by atoms with van der Waals surface area (Å²) in [5, 5.41) is 50.1. The molecule has 0 aliphatic carbocycles. The molecule has 0 saturated carbocycles. The van der Waals surface area contributed by atoms with Gasteiger partial charge in [-0.1, -0.05) is 78.9 Å². The number of ether oxygens (including phenoxy) is 2. The van der Waals surface area contributed by atoms with Crippen LogP contribution in [0, 0.1) is 0 Å². The number of benzene rings is 3. The predicted octanol–water partition coefficient (Wildman–Crippen LogP) is -2.87. The van der Waals surface area contributed by atoms with Crippen LogP contribution in [0.1, 0.15) is 29.3 Å². The average molecular weight is 601 g/mol. The minimum Gasteiger partial charge on any atom is -0.544 e. The fourth-order valence-corrected chi connectivity index (χ4v) is 4.90. The van der Waals surface area contributed by atoms with Crippen molar-refractivity contribution in [2.24, 2.45) is 0 Å². The third-order valence-corrected chi connectivity index (χ3v) is 7.03. The first-order valence-electron chi connectivity index (χ1n) is 13.4. The zero-order chi connectivity index (χ0) is 30.3. The molecule has 0 radical (unpaired) electrons. The average Bonchev–Trinajstić information content (AvgIpc) is 3.00. The Kier molecular flexibility index (Phi) is 12.4. The monoisotopic (exact) mass is 600 g/mol.